The van der Waals surface area contributed by atoms with Gasteiger partial charge in [0, 0.05) is 23.3 Å². The lowest BCUT2D eigenvalue weighted by Crippen LogP contribution is -2.17. The Hall–Kier alpha value is -1.39. The zero-order valence-corrected chi connectivity index (χ0v) is 11.4. The van der Waals surface area contributed by atoms with Gasteiger partial charge in [-0.05, 0) is 31.2 Å². The van der Waals surface area contributed by atoms with Crippen molar-refractivity contribution in [3.63, 3.8) is 0 Å². The van der Waals surface area contributed by atoms with Crippen molar-refractivity contribution in [3.05, 3.63) is 48.4 Å². The largest absolute Gasteiger partial charge is 0.310 e. The van der Waals surface area contributed by atoms with Crippen LogP contribution in [0.2, 0.25) is 0 Å². The van der Waals surface area contributed by atoms with Crippen LogP contribution in [0.5, 0.6) is 0 Å². The molecule has 0 aliphatic carbocycles. The molecule has 1 heterocycles. The van der Waals surface area contributed by atoms with Crippen molar-refractivity contribution in [2.75, 3.05) is 6.54 Å². The van der Waals surface area contributed by atoms with Crippen LogP contribution in [0.15, 0.2) is 52.8 Å². The molecule has 0 spiro atoms. The Labute approximate surface area is 112 Å². The van der Waals surface area contributed by atoms with Crippen LogP contribution in [0, 0.1) is 0 Å². The number of rotatable bonds is 5. The predicted octanol–water partition coefficient (Wildman–Crippen LogP) is 3.30. The maximum atomic E-state index is 4.25. The molecule has 1 aromatic carbocycles. The van der Waals surface area contributed by atoms with Crippen molar-refractivity contribution in [2.24, 2.45) is 0 Å². The molecule has 1 atom stereocenters. The fraction of sp³-hybridized carbons (Fsp3) is 0.286. The molecule has 0 aliphatic heterocycles. The Kier molecular flexibility index (Phi) is 4.73. The van der Waals surface area contributed by atoms with Crippen LogP contribution in [0.25, 0.3) is 0 Å². The number of aromatic nitrogens is 2. The first-order valence-electron chi connectivity index (χ1n) is 6.07. The standard InChI is InChI=1S/C14H17N3S/c1-3-16-11(2)12-4-6-13(7-5-12)18-14-10-15-8-9-17-14/h4-11,16H,3H2,1-2H3. The van der Waals surface area contributed by atoms with E-state index in [1.807, 2.05) is 0 Å². The van der Waals surface area contributed by atoms with Gasteiger partial charge in [0.25, 0.3) is 0 Å². The molecule has 3 nitrogen and oxygen atoms in total. The van der Waals surface area contributed by atoms with Crippen molar-refractivity contribution < 1.29 is 0 Å². The normalized spacial score (nSPS) is 12.3. The van der Waals surface area contributed by atoms with Crippen molar-refractivity contribution in [3.8, 4) is 0 Å². The first kappa shape index (κ1) is 13.1. The Morgan fingerprint density at radius 1 is 1.22 bits per heavy atom. The highest BCUT2D eigenvalue weighted by Crippen LogP contribution is 2.26. The van der Waals surface area contributed by atoms with Gasteiger partial charge in [0.1, 0.15) is 5.03 Å². The molecule has 1 N–H and O–H groups in total. The maximum absolute atomic E-state index is 4.25. The van der Waals surface area contributed by atoms with E-state index in [9.17, 15) is 0 Å². The third kappa shape index (κ3) is 3.55. The first-order valence-corrected chi connectivity index (χ1v) is 6.88. The van der Waals surface area contributed by atoms with Crippen molar-refractivity contribution in [1.29, 1.82) is 0 Å². The van der Waals surface area contributed by atoms with E-state index in [2.05, 4.69) is 53.4 Å². The summed E-state index contributed by atoms with van der Waals surface area (Å²) in [7, 11) is 0. The number of nitrogens with one attached hydrogen (secondary N) is 1. The fourth-order valence-corrected chi connectivity index (χ4v) is 2.45. The third-order valence-corrected chi connectivity index (χ3v) is 3.58. The van der Waals surface area contributed by atoms with Gasteiger partial charge in [-0.1, -0.05) is 30.8 Å². The Morgan fingerprint density at radius 3 is 2.61 bits per heavy atom. The molecular weight excluding hydrogens is 242 g/mol. The van der Waals surface area contributed by atoms with Gasteiger partial charge in [-0.25, -0.2) is 4.98 Å². The van der Waals surface area contributed by atoms with E-state index in [0.717, 1.165) is 11.6 Å². The third-order valence-electron chi connectivity index (χ3n) is 2.65. The van der Waals surface area contributed by atoms with Gasteiger partial charge in [0.15, 0.2) is 0 Å². The second kappa shape index (κ2) is 6.52. The van der Waals surface area contributed by atoms with E-state index in [0.29, 0.717) is 6.04 Å². The lowest BCUT2D eigenvalue weighted by molar-refractivity contribution is 0.598. The monoisotopic (exact) mass is 259 g/mol. The van der Waals surface area contributed by atoms with Crippen LogP contribution in [-0.4, -0.2) is 16.5 Å². The van der Waals surface area contributed by atoms with Gasteiger partial charge in [0.2, 0.25) is 0 Å². The quantitative estimate of drug-likeness (QED) is 0.894. The van der Waals surface area contributed by atoms with Gasteiger partial charge >= 0.3 is 0 Å². The van der Waals surface area contributed by atoms with Gasteiger partial charge in [-0.15, -0.1) is 0 Å². The molecule has 18 heavy (non-hydrogen) atoms. The van der Waals surface area contributed by atoms with E-state index in [4.69, 9.17) is 0 Å². The summed E-state index contributed by atoms with van der Waals surface area (Å²) in [6.07, 6.45) is 5.18. The summed E-state index contributed by atoms with van der Waals surface area (Å²) in [6, 6.07) is 8.97. The van der Waals surface area contributed by atoms with Crippen LogP contribution in [0.1, 0.15) is 25.5 Å². The number of nitrogens with zero attached hydrogens (tertiary/aromatic N) is 2. The lowest BCUT2D eigenvalue weighted by Gasteiger charge is -2.12. The fourth-order valence-electron chi connectivity index (χ4n) is 1.71. The van der Waals surface area contributed by atoms with Crippen molar-refractivity contribution in [1.82, 2.24) is 15.3 Å². The van der Waals surface area contributed by atoms with Crippen LogP contribution in [0.3, 0.4) is 0 Å². The average molecular weight is 259 g/mol. The van der Waals surface area contributed by atoms with Gasteiger partial charge < -0.3 is 5.32 Å². The molecule has 0 amide bonds. The summed E-state index contributed by atoms with van der Waals surface area (Å²) in [6.45, 7) is 5.28. The highest BCUT2D eigenvalue weighted by atomic mass is 32.2. The lowest BCUT2D eigenvalue weighted by atomic mass is 10.1. The summed E-state index contributed by atoms with van der Waals surface area (Å²) >= 11 is 1.63. The van der Waals surface area contributed by atoms with Gasteiger partial charge in [0.05, 0.1) is 6.20 Å². The molecule has 0 saturated heterocycles. The maximum Gasteiger partial charge on any atom is 0.119 e. The second-order valence-electron chi connectivity index (χ2n) is 3.99. The number of hydrogen-bond donors (Lipinski definition) is 1. The average Bonchev–Trinajstić information content (AvgIpc) is 2.41. The SMILES string of the molecule is CCNC(C)c1ccc(Sc2cnccn2)cc1. The zero-order valence-electron chi connectivity index (χ0n) is 10.6. The van der Waals surface area contributed by atoms with Crippen LogP contribution in [-0.2, 0) is 0 Å². The highest BCUT2D eigenvalue weighted by Gasteiger charge is 2.04. The van der Waals surface area contributed by atoms with Crippen molar-refractivity contribution in [2.45, 2.75) is 29.8 Å². The van der Waals surface area contributed by atoms with E-state index >= 15 is 0 Å². The predicted molar refractivity (Wildman–Crippen MR) is 74.7 cm³/mol. The van der Waals surface area contributed by atoms with Crippen LogP contribution >= 0.6 is 11.8 Å². The summed E-state index contributed by atoms with van der Waals surface area (Å²) < 4.78 is 0. The second-order valence-corrected chi connectivity index (χ2v) is 5.09. The number of hydrogen-bond acceptors (Lipinski definition) is 4. The molecule has 0 saturated carbocycles. The molecular formula is C14H17N3S. The van der Waals surface area contributed by atoms with Gasteiger partial charge in [-0.2, -0.15) is 0 Å². The minimum atomic E-state index is 0.394. The molecule has 4 heteroatoms. The van der Waals surface area contributed by atoms with E-state index in [1.165, 1.54) is 10.5 Å². The molecule has 0 fully saturated rings. The molecule has 0 bridgehead atoms. The Bertz CT molecular complexity index is 470. The van der Waals surface area contributed by atoms with E-state index in [1.54, 1.807) is 30.4 Å². The molecule has 1 unspecified atom stereocenters. The van der Waals surface area contributed by atoms with Gasteiger partial charge in [-0.3, -0.25) is 4.98 Å². The molecule has 2 rings (SSSR count). The summed E-state index contributed by atoms with van der Waals surface area (Å²) in [5.41, 5.74) is 1.31. The summed E-state index contributed by atoms with van der Waals surface area (Å²) in [5, 5.41) is 4.32. The Balaban J connectivity index is 2.04. The van der Waals surface area contributed by atoms with E-state index < -0.39 is 0 Å². The zero-order chi connectivity index (χ0) is 12.8. The highest BCUT2D eigenvalue weighted by molar-refractivity contribution is 7.99. The minimum absolute atomic E-state index is 0.394. The Morgan fingerprint density at radius 2 is 2.00 bits per heavy atom. The minimum Gasteiger partial charge on any atom is -0.310 e. The molecule has 0 radical (unpaired) electrons. The molecule has 94 valence electrons. The van der Waals surface area contributed by atoms with E-state index in [-0.39, 0.29) is 0 Å². The first-order chi connectivity index (χ1) is 8.79. The summed E-state index contributed by atoms with van der Waals surface area (Å²) in [5.74, 6) is 0. The molecule has 2 aromatic rings. The number of benzene rings is 1. The molecule has 0 aliphatic rings. The molecule has 1 aromatic heterocycles. The smallest absolute Gasteiger partial charge is 0.119 e. The van der Waals surface area contributed by atoms with Crippen LogP contribution in [0.4, 0.5) is 0 Å². The van der Waals surface area contributed by atoms with Crippen LogP contribution < -0.4 is 5.32 Å². The topological polar surface area (TPSA) is 37.8 Å². The summed E-state index contributed by atoms with van der Waals surface area (Å²) in [4.78, 5) is 9.49. The van der Waals surface area contributed by atoms with Crippen molar-refractivity contribution >= 4 is 11.8 Å².